The average Bonchev–Trinajstić information content (AvgIpc) is 4.29. The van der Waals surface area contributed by atoms with E-state index in [9.17, 15) is 0 Å². The molecule has 0 saturated heterocycles. The molecule has 0 bridgehead atoms. The predicted octanol–water partition coefficient (Wildman–Crippen LogP) is 21.2. The smallest absolute Gasteiger partial charge is 0.0630 e. The highest BCUT2D eigenvalue weighted by Crippen LogP contribution is 2.55. The lowest BCUT2D eigenvalue weighted by Gasteiger charge is -2.32. The van der Waals surface area contributed by atoms with Gasteiger partial charge < -0.3 is 9.47 Å². The van der Waals surface area contributed by atoms with E-state index < -0.39 is 0 Å². The zero-order valence-corrected chi connectivity index (χ0v) is 43.8. The van der Waals surface area contributed by atoms with E-state index in [0.717, 1.165) is 0 Å². The third kappa shape index (κ3) is 6.58. The number of hydrogen-bond acceptors (Lipinski definition) is 2. The summed E-state index contributed by atoms with van der Waals surface area (Å²) in [5, 5.41) is 15.0. The monoisotopic (exact) mass is 1020 g/mol. The molecule has 0 saturated carbocycles. The van der Waals surface area contributed by atoms with Crippen LogP contribution in [0.4, 0.5) is 11.4 Å². The Labute approximate surface area is 461 Å². The van der Waals surface area contributed by atoms with Crippen LogP contribution in [-0.2, 0) is 0 Å². The molecule has 3 heteroatoms. The number of allylic oxidation sites excluding steroid dienone is 2. The summed E-state index contributed by atoms with van der Waals surface area (Å²) in [5.74, 6) is 0.233. The number of nitrogens with zero attached hydrogens (tertiary/aromatic N) is 2. The molecule has 2 aromatic heterocycles. The molecule has 0 spiro atoms. The van der Waals surface area contributed by atoms with E-state index in [1.54, 1.807) is 0 Å². The third-order valence-corrected chi connectivity index (χ3v) is 18.4. The van der Waals surface area contributed by atoms with Gasteiger partial charge in [-0.05, 0) is 120 Å². The summed E-state index contributed by atoms with van der Waals surface area (Å²) in [6, 6.07) is 95.5. The first-order valence-corrected chi connectivity index (χ1v) is 28.3. The molecule has 2 atom stereocenters. The first kappa shape index (κ1) is 44.3. The molecule has 368 valence electrons. The van der Waals surface area contributed by atoms with Gasteiger partial charge in [0, 0.05) is 64.1 Å². The van der Waals surface area contributed by atoms with Crippen molar-refractivity contribution in [2.45, 2.75) is 12.0 Å². The molecule has 15 aromatic rings. The average molecular weight is 1020 g/mol. The third-order valence-electron chi connectivity index (χ3n) is 17.3. The minimum atomic E-state index is 0.145. The molecule has 0 amide bonds. The normalized spacial score (nSPS) is 15.0. The topological polar surface area (TPSA) is 8.17 Å². The molecule has 2 unspecified atom stereocenters. The lowest BCUT2D eigenvalue weighted by atomic mass is 9.87. The number of thiophene rings is 1. The number of rotatable bonds is 6. The van der Waals surface area contributed by atoms with Gasteiger partial charge in [0.25, 0.3) is 0 Å². The van der Waals surface area contributed by atoms with Gasteiger partial charge in [-0.1, -0.05) is 231 Å². The maximum absolute atomic E-state index is 2.65. The highest BCUT2D eigenvalue weighted by molar-refractivity contribution is 7.26. The Hall–Kier alpha value is -9.80. The van der Waals surface area contributed by atoms with Crippen LogP contribution in [0.15, 0.2) is 279 Å². The fraction of sp³-hybridized carbons (Fsp3) is 0.0263. The van der Waals surface area contributed by atoms with Gasteiger partial charge in [-0.3, -0.25) is 0 Å². The first-order chi connectivity index (χ1) is 39.2. The van der Waals surface area contributed by atoms with Crippen molar-refractivity contribution < 1.29 is 0 Å². The number of anilines is 2. The van der Waals surface area contributed by atoms with Crippen molar-refractivity contribution in [2.75, 3.05) is 4.90 Å². The quantitative estimate of drug-likeness (QED) is 0.151. The SMILES string of the molecule is C1=CC2c3cc(-c4ccccc4)ccc3N(c3c4ccccc4c(-c4ccc5sc6cccc(-c7c8ccccc8c(-n8c9ccccc9c9cc(-c%10ccccc%10)ccc98)c8ccccc78)c6c5c4)c4ccccc34)C2C=C1. The van der Waals surface area contributed by atoms with Crippen LogP contribution in [-0.4, -0.2) is 10.6 Å². The molecular weight excluding hydrogens is 973 g/mol. The molecule has 2 nitrogen and oxygen atoms in total. The van der Waals surface area contributed by atoms with Crippen LogP contribution in [0.25, 0.3) is 135 Å². The van der Waals surface area contributed by atoms with Crippen molar-refractivity contribution >= 4 is 108 Å². The van der Waals surface area contributed by atoms with Gasteiger partial charge in [-0.15, -0.1) is 11.3 Å². The standard InChI is InChI=1S/C76H48N2S/c1-3-20-47(21-4-1)49-38-41-68-63(44-49)52-24-15-17-35-66(52)77(68)75-58-30-11-7-26-54(58)72(55-27-8-12-31-59(55)75)51-40-43-70-65(46-51)74-62(34-19-37-71(74)79-70)73-56-28-9-13-32-60(56)76(61-33-14-10-29-57(61)73)78-67-36-18-16-25-53(67)64-45-50(39-42-69(64)78)48-22-5-2-6-23-48/h1-46,52,66H. The van der Waals surface area contributed by atoms with Crippen molar-refractivity contribution in [2.24, 2.45) is 0 Å². The fourth-order valence-electron chi connectivity index (χ4n) is 13.9. The van der Waals surface area contributed by atoms with Crippen LogP contribution in [0, 0.1) is 0 Å². The van der Waals surface area contributed by atoms with Gasteiger partial charge in [0.05, 0.1) is 28.5 Å². The number of hydrogen-bond donors (Lipinski definition) is 0. The highest BCUT2D eigenvalue weighted by Gasteiger charge is 2.39. The van der Waals surface area contributed by atoms with Gasteiger partial charge in [0.2, 0.25) is 0 Å². The molecule has 13 aromatic carbocycles. The van der Waals surface area contributed by atoms with Gasteiger partial charge in [-0.2, -0.15) is 0 Å². The minimum absolute atomic E-state index is 0.145. The van der Waals surface area contributed by atoms with E-state index in [4.69, 9.17) is 0 Å². The molecule has 0 fully saturated rings. The molecule has 0 N–H and O–H groups in total. The summed E-state index contributed by atoms with van der Waals surface area (Å²) in [6.07, 6.45) is 9.27. The second kappa shape index (κ2) is 17.4. The lowest BCUT2D eigenvalue weighted by molar-refractivity contribution is 0.747. The molecule has 79 heavy (non-hydrogen) atoms. The van der Waals surface area contributed by atoms with E-state index in [0.29, 0.717) is 0 Å². The number of aromatic nitrogens is 1. The van der Waals surface area contributed by atoms with Crippen molar-refractivity contribution in [3.05, 3.63) is 285 Å². The van der Waals surface area contributed by atoms with Crippen LogP contribution in [0.3, 0.4) is 0 Å². The van der Waals surface area contributed by atoms with E-state index in [2.05, 4.69) is 289 Å². The zero-order valence-electron chi connectivity index (χ0n) is 43.0. The molecular formula is C76H48N2S. The van der Waals surface area contributed by atoms with Crippen molar-refractivity contribution in [3.8, 4) is 50.2 Å². The minimum Gasteiger partial charge on any atom is -0.332 e. The Morgan fingerprint density at radius 1 is 0.316 bits per heavy atom. The van der Waals surface area contributed by atoms with Gasteiger partial charge in [0.15, 0.2) is 0 Å². The summed E-state index contributed by atoms with van der Waals surface area (Å²) in [6.45, 7) is 0. The van der Waals surface area contributed by atoms with Crippen LogP contribution in [0.5, 0.6) is 0 Å². The summed E-state index contributed by atoms with van der Waals surface area (Å²) < 4.78 is 5.11. The van der Waals surface area contributed by atoms with E-state index >= 15 is 0 Å². The van der Waals surface area contributed by atoms with Gasteiger partial charge in [0.1, 0.15) is 0 Å². The number of fused-ring (bicyclic) bond motifs is 13. The van der Waals surface area contributed by atoms with Crippen molar-refractivity contribution in [1.82, 2.24) is 4.57 Å². The summed E-state index contributed by atoms with van der Waals surface area (Å²) >= 11 is 1.90. The fourth-order valence-corrected chi connectivity index (χ4v) is 15.1. The highest BCUT2D eigenvalue weighted by atomic mass is 32.1. The molecule has 1 aliphatic carbocycles. The van der Waals surface area contributed by atoms with Crippen molar-refractivity contribution in [3.63, 3.8) is 0 Å². The van der Waals surface area contributed by atoms with E-state index in [1.165, 1.54) is 152 Å². The van der Waals surface area contributed by atoms with Crippen LogP contribution >= 0.6 is 11.3 Å². The number of para-hydroxylation sites is 1. The predicted molar refractivity (Wildman–Crippen MR) is 339 cm³/mol. The Morgan fingerprint density at radius 3 is 1.51 bits per heavy atom. The van der Waals surface area contributed by atoms with Crippen LogP contribution in [0.1, 0.15) is 11.5 Å². The Bertz CT molecular complexity index is 4980. The molecule has 0 radical (unpaired) electrons. The van der Waals surface area contributed by atoms with Gasteiger partial charge >= 0.3 is 0 Å². The lowest BCUT2D eigenvalue weighted by Crippen LogP contribution is -2.29. The summed E-state index contributed by atoms with van der Waals surface area (Å²) in [5.41, 5.74) is 17.5. The molecule has 17 rings (SSSR count). The molecule has 3 heterocycles. The second-order valence-electron chi connectivity index (χ2n) is 21.4. The Balaban J connectivity index is 0.876. The first-order valence-electron chi connectivity index (χ1n) is 27.5. The summed E-state index contributed by atoms with van der Waals surface area (Å²) in [4.78, 5) is 2.65. The molecule has 1 aliphatic heterocycles. The van der Waals surface area contributed by atoms with E-state index in [1.807, 2.05) is 11.3 Å². The van der Waals surface area contributed by atoms with Crippen LogP contribution < -0.4 is 4.90 Å². The Morgan fingerprint density at radius 2 is 0.835 bits per heavy atom. The Kier molecular flexibility index (Phi) is 9.74. The molecule has 2 aliphatic rings. The maximum atomic E-state index is 2.65. The summed E-state index contributed by atoms with van der Waals surface area (Å²) in [7, 11) is 0. The second-order valence-corrected chi connectivity index (χ2v) is 22.5. The number of benzene rings is 13. The van der Waals surface area contributed by atoms with Gasteiger partial charge in [-0.25, -0.2) is 0 Å². The largest absolute Gasteiger partial charge is 0.332 e. The zero-order chi connectivity index (χ0) is 51.7. The van der Waals surface area contributed by atoms with Crippen LogP contribution in [0.2, 0.25) is 0 Å². The maximum Gasteiger partial charge on any atom is 0.0630 e. The van der Waals surface area contributed by atoms with Crippen molar-refractivity contribution in [1.29, 1.82) is 0 Å². The van der Waals surface area contributed by atoms with E-state index in [-0.39, 0.29) is 12.0 Å².